The van der Waals surface area contributed by atoms with E-state index >= 15 is 0 Å². The van der Waals surface area contributed by atoms with Gasteiger partial charge in [0.2, 0.25) is 0 Å². The van der Waals surface area contributed by atoms with Gasteiger partial charge in [-0.1, -0.05) is 0 Å². The summed E-state index contributed by atoms with van der Waals surface area (Å²) in [6, 6.07) is 1.94. The van der Waals surface area contributed by atoms with E-state index in [9.17, 15) is 8.78 Å². The molecular formula is C10H8F2N2O. The Morgan fingerprint density at radius 1 is 1.33 bits per heavy atom. The molecule has 1 heterocycles. The lowest BCUT2D eigenvalue weighted by molar-refractivity contribution is 0.409. The molecule has 1 aromatic heterocycles. The molecule has 2 rings (SSSR count). The van der Waals surface area contributed by atoms with E-state index in [-0.39, 0.29) is 11.3 Å². The van der Waals surface area contributed by atoms with Crippen LogP contribution in [0.5, 0.6) is 5.75 Å². The van der Waals surface area contributed by atoms with Gasteiger partial charge in [-0.05, 0) is 0 Å². The molecule has 78 valence electrons. The normalized spacial score (nSPS) is 10.3. The number of aromatic nitrogens is 2. The zero-order chi connectivity index (χ0) is 10.8. The SMILES string of the molecule is COc1cc(F)cc(F)c1-c1cn[nH]c1. The Kier molecular flexibility index (Phi) is 2.37. The summed E-state index contributed by atoms with van der Waals surface area (Å²) < 4.78 is 31.3. The molecule has 0 spiro atoms. The molecular weight excluding hydrogens is 202 g/mol. The highest BCUT2D eigenvalue weighted by molar-refractivity contribution is 5.69. The van der Waals surface area contributed by atoms with Gasteiger partial charge < -0.3 is 4.74 Å². The number of hydrogen-bond acceptors (Lipinski definition) is 2. The van der Waals surface area contributed by atoms with E-state index in [1.165, 1.54) is 19.5 Å². The van der Waals surface area contributed by atoms with E-state index in [2.05, 4.69) is 10.2 Å². The summed E-state index contributed by atoms with van der Waals surface area (Å²) in [4.78, 5) is 0. The van der Waals surface area contributed by atoms with Crippen molar-refractivity contribution in [2.75, 3.05) is 7.11 Å². The molecule has 0 saturated heterocycles. The molecule has 0 aliphatic rings. The van der Waals surface area contributed by atoms with E-state index in [0.717, 1.165) is 12.1 Å². The highest BCUT2D eigenvalue weighted by atomic mass is 19.1. The van der Waals surface area contributed by atoms with Crippen LogP contribution in [0.3, 0.4) is 0 Å². The third kappa shape index (κ3) is 1.68. The van der Waals surface area contributed by atoms with E-state index in [4.69, 9.17) is 4.74 Å². The van der Waals surface area contributed by atoms with Gasteiger partial charge in [-0.25, -0.2) is 8.78 Å². The van der Waals surface area contributed by atoms with Crippen LogP contribution >= 0.6 is 0 Å². The van der Waals surface area contributed by atoms with Crippen LogP contribution in [-0.2, 0) is 0 Å². The minimum atomic E-state index is -0.673. The molecule has 5 heteroatoms. The van der Waals surface area contributed by atoms with E-state index in [0.29, 0.717) is 5.56 Å². The molecule has 1 N–H and O–H groups in total. The third-order valence-corrected chi connectivity index (χ3v) is 2.03. The lowest BCUT2D eigenvalue weighted by Crippen LogP contribution is -1.92. The second-order valence-corrected chi connectivity index (χ2v) is 2.95. The Morgan fingerprint density at radius 2 is 2.13 bits per heavy atom. The number of aromatic amines is 1. The number of halogens is 2. The van der Waals surface area contributed by atoms with E-state index < -0.39 is 11.6 Å². The number of rotatable bonds is 2. The molecule has 0 saturated carbocycles. The molecule has 0 amide bonds. The average Bonchev–Trinajstić information content (AvgIpc) is 2.69. The molecule has 0 aliphatic carbocycles. The third-order valence-electron chi connectivity index (χ3n) is 2.03. The molecule has 2 aromatic rings. The van der Waals surface area contributed by atoms with Gasteiger partial charge in [-0.3, -0.25) is 5.10 Å². The maximum absolute atomic E-state index is 13.5. The van der Waals surface area contributed by atoms with Gasteiger partial charge >= 0.3 is 0 Å². The van der Waals surface area contributed by atoms with E-state index in [1.807, 2.05) is 0 Å². The van der Waals surface area contributed by atoms with Crippen molar-refractivity contribution in [3.63, 3.8) is 0 Å². The van der Waals surface area contributed by atoms with Crippen molar-refractivity contribution in [2.24, 2.45) is 0 Å². The van der Waals surface area contributed by atoms with Crippen LogP contribution in [0.4, 0.5) is 8.78 Å². The number of methoxy groups -OCH3 is 1. The molecule has 0 atom stereocenters. The van der Waals surface area contributed by atoms with Crippen molar-refractivity contribution in [1.29, 1.82) is 0 Å². The maximum Gasteiger partial charge on any atom is 0.137 e. The maximum atomic E-state index is 13.5. The first-order chi connectivity index (χ1) is 7.22. The van der Waals surface area contributed by atoms with Crippen LogP contribution < -0.4 is 4.74 Å². The predicted molar refractivity (Wildman–Crippen MR) is 50.5 cm³/mol. The van der Waals surface area contributed by atoms with E-state index in [1.54, 1.807) is 0 Å². The second kappa shape index (κ2) is 3.68. The quantitative estimate of drug-likeness (QED) is 0.826. The highest BCUT2D eigenvalue weighted by Crippen LogP contribution is 2.32. The summed E-state index contributed by atoms with van der Waals surface area (Å²) in [6.45, 7) is 0. The lowest BCUT2D eigenvalue weighted by atomic mass is 10.1. The Morgan fingerprint density at radius 3 is 2.73 bits per heavy atom. The summed E-state index contributed by atoms with van der Waals surface area (Å²) in [6.07, 6.45) is 2.96. The number of ether oxygens (including phenoxy) is 1. The van der Waals surface area contributed by atoms with Gasteiger partial charge in [0.1, 0.15) is 17.4 Å². The summed E-state index contributed by atoms with van der Waals surface area (Å²) in [5.74, 6) is -1.20. The van der Waals surface area contributed by atoms with Crippen LogP contribution in [0.2, 0.25) is 0 Å². The molecule has 0 unspecified atom stereocenters. The first-order valence-corrected chi connectivity index (χ1v) is 4.24. The van der Waals surface area contributed by atoms with Crippen LogP contribution in [0.15, 0.2) is 24.5 Å². The van der Waals surface area contributed by atoms with Crippen molar-refractivity contribution in [3.8, 4) is 16.9 Å². The zero-order valence-corrected chi connectivity index (χ0v) is 7.92. The smallest absolute Gasteiger partial charge is 0.137 e. The van der Waals surface area contributed by atoms with Gasteiger partial charge in [0.25, 0.3) is 0 Å². The van der Waals surface area contributed by atoms with Crippen molar-refractivity contribution in [2.45, 2.75) is 0 Å². The van der Waals surface area contributed by atoms with Gasteiger partial charge in [-0.2, -0.15) is 5.10 Å². The van der Waals surface area contributed by atoms with Gasteiger partial charge in [0.05, 0.1) is 18.9 Å². The minimum absolute atomic E-state index is 0.147. The molecule has 1 aromatic carbocycles. The van der Waals surface area contributed by atoms with Crippen molar-refractivity contribution in [3.05, 3.63) is 36.2 Å². The largest absolute Gasteiger partial charge is 0.496 e. The fraction of sp³-hybridized carbons (Fsp3) is 0.100. The van der Waals surface area contributed by atoms with Crippen molar-refractivity contribution < 1.29 is 13.5 Å². The molecule has 3 nitrogen and oxygen atoms in total. The molecule has 0 radical (unpaired) electrons. The number of nitrogens with one attached hydrogen (secondary N) is 1. The first kappa shape index (κ1) is 9.64. The fourth-order valence-corrected chi connectivity index (χ4v) is 1.38. The number of nitrogens with zero attached hydrogens (tertiary/aromatic N) is 1. The monoisotopic (exact) mass is 210 g/mol. The number of hydrogen-bond donors (Lipinski definition) is 1. The van der Waals surface area contributed by atoms with Gasteiger partial charge in [0, 0.05) is 23.9 Å². The average molecular weight is 210 g/mol. The number of H-pyrrole nitrogens is 1. The molecule has 0 aliphatic heterocycles. The standard InChI is InChI=1S/C10H8F2N2O/c1-15-9-3-7(11)2-8(12)10(9)6-4-13-14-5-6/h2-5H,1H3,(H,13,14). The Labute approximate surface area is 84.7 Å². The van der Waals surface area contributed by atoms with Gasteiger partial charge in [0.15, 0.2) is 0 Å². The zero-order valence-electron chi connectivity index (χ0n) is 7.92. The van der Waals surface area contributed by atoms with Crippen LogP contribution in [-0.4, -0.2) is 17.3 Å². The predicted octanol–water partition coefficient (Wildman–Crippen LogP) is 2.36. The Bertz CT molecular complexity index is 469. The van der Waals surface area contributed by atoms with Crippen molar-refractivity contribution in [1.82, 2.24) is 10.2 Å². The summed E-state index contributed by atoms with van der Waals surface area (Å²) in [5, 5.41) is 6.25. The fourth-order valence-electron chi connectivity index (χ4n) is 1.38. The first-order valence-electron chi connectivity index (χ1n) is 4.24. The van der Waals surface area contributed by atoms with Crippen LogP contribution in [0.1, 0.15) is 0 Å². The molecule has 15 heavy (non-hydrogen) atoms. The van der Waals surface area contributed by atoms with Crippen LogP contribution in [0, 0.1) is 11.6 Å². The second-order valence-electron chi connectivity index (χ2n) is 2.95. The molecule has 0 fully saturated rings. The molecule has 0 bridgehead atoms. The topological polar surface area (TPSA) is 37.9 Å². The highest BCUT2D eigenvalue weighted by Gasteiger charge is 2.14. The number of benzene rings is 1. The van der Waals surface area contributed by atoms with Crippen LogP contribution in [0.25, 0.3) is 11.1 Å². The Balaban J connectivity index is 2.64. The summed E-state index contributed by atoms with van der Waals surface area (Å²) in [7, 11) is 1.36. The summed E-state index contributed by atoms with van der Waals surface area (Å²) in [5.41, 5.74) is 0.719. The minimum Gasteiger partial charge on any atom is -0.496 e. The summed E-state index contributed by atoms with van der Waals surface area (Å²) >= 11 is 0. The lowest BCUT2D eigenvalue weighted by Gasteiger charge is -2.07. The van der Waals surface area contributed by atoms with Crippen molar-refractivity contribution >= 4 is 0 Å². The van der Waals surface area contributed by atoms with Gasteiger partial charge in [-0.15, -0.1) is 0 Å². The Hall–Kier alpha value is -1.91.